The Morgan fingerprint density at radius 1 is 1.14 bits per heavy atom. The zero-order valence-corrected chi connectivity index (χ0v) is 20.4. The summed E-state index contributed by atoms with van der Waals surface area (Å²) in [5.74, 6) is 2.43. The van der Waals surface area contributed by atoms with Gasteiger partial charge in [-0.05, 0) is 30.0 Å². The Balaban J connectivity index is 1.53. The summed E-state index contributed by atoms with van der Waals surface area (Å²) in [4.78, 5) is 28.0. The van der Waals surface area contributed by atoms with Crippen LogP contribution in [0, 0.1) is 12.5 Å². The summed E-state index contributed by atoms with van der Waals surface area (Å²) in [6.07, 6.45) is 10.7. The lowest BCUT2D eigenvalue weighted by atomic mass is 9.84. The molecule has 8 heteroatoms. The molecule has 3 aromatic rings. The third-order valence-electron chi connectivity index (χ3n) is 6.43. The number of amides is 1. The molecular formula is C27H33N7O. The van der Waals surface area contributed by atoms with E-state index in [0.717, 1.165) is 30.6 Å². The van der Waals surface area contributed by atoms with E-state index in [2.05, 4.69) is 25.4 Å². The maximum atomic E-state index is 13.4. The summed E-state index contributed by atoms with van der Waals surface area (Å²) in [5.41, 5.74) is 1.56. The second kappa shape index (κ2) is 11.5. The monoisotopic (exact) mass is 471 g/mol. The molecule has 1 fully saturated rings. The van der Waals surface area contributed by atoms with Gasteiger partial charge in [-0.1, -0.05) is 56.4 Å². The van der Waals surface area contributed by atoms with Crippen molar-refractivity contribution in [1.29, 1.82) is 0 Å². The van der Waals surface area contributed by atoms with Crippen molar-refractivity contribution in [1.82, 2.24) is 19.9 Å². The molecule has 8 nitrogen and oxygen atoms in total. The zero-order chi connectivity index (χ0) is 24.6. The third-order valence-corrected chi connectivity index (χ3v) is 6.43. The lowest BCUT2D eigenvalue weighted by Crippen LogP contribution is -2.41. The van der Waals surface area contributed by atoms with E-state index in [-0.39, 0.29) is 5.91 Å². The van der Waals surface area contributed by atoms with E-state index in [1.807, 2.05) is 66.3 Å². The number of nitrogens with one attached hydrogen (secondary N) is 2. The highest BCUT2D eigenvalue weighted by atomic mass is 16.2. The number of carbonyl (C=O) groups excluding carboxylic acids is 1. The Labute approximate surface area is 207 Å². The number of anilines is 2. The molecule has 0 bridgehead atoms. The van der Waals surface area contributed by atoms with Crippen molar-refractivity contribution in [3.63, 3.8) is 0 Å². The van der Waals surface area contributed by atoms with Gasteiger partial charge in [0.15, 0.2) is 5.69 Å². The number of hydrogen-bond donors (Lipinski definition) is 2. The minimum Gasteiger partial charge on any atom is -0.358 e. The van der Waals surface area contributed by atoms with Crippen LogP contribution in [0.25, 0.3) is 10.7 Å². The highest BCUT2D eigenvalue weighted by Gasteiger charge is 2.25. The molecule has 0 aliphatic heterocycles. The summed E-state index contributed by atoms with van der Waals surface area (Å²) >= 11 is 0. The molecular weight excluding hydrogens is 438 g/mol. The van der Waals surface area contributed by atoms with Gasteiger partial charge < -0.3 is 20.1 Å². The molecule has 1 aliphatic carbocycles. The van der Waals surface area contributed by atoms with Crippen LogP contribution in [0.15, 0.2) is 54.9 Å². The molecule has 1 unspecified atom stereocenters. The minimum atomic E-state index is -0.400. The summed E-state index contributed by atoms with van der Waals surface area (Å²) in [6.45, 7) is 7.52. The Bertz CT molecular complexity index is 1140. The van der Waals surface area contributed by atoms with E-state index < -0.39 is 6.04 Å². The van der Waals surface area contributed by atoms with Gasteiger partial charge in [-0.15, -0.1) is 0 Å². The van der Waals surface area contributed by atoms with Crippen LogP contribution in [0.1, 0.15) is 44.1 Å². The van der Waals surface area contributed by atoms with Gasteiger partial charge in [0.05, 0.1) is 6.57 Å². The quantitative estimate of drug-likeness (QED) is 0.432. The predicted octanol–water partition coefficient (Wildman–Crippen LogP) is 4.95. The van der Waals surface area contributed by atoms with Crippen molar-refractivity contribution >= 4 is 23.4 Å². The smallest absolute Gasteiger partial charge is 0.242 e. The second-order valence-corrected chi connectivity index (χ2v) is 9.33. The van der Waals surface area contributed by atoms with Gasteiger partial charge in [-0.25, -0.2) is 4.85 Å². The molecule has 1 aromatic carbocycles. The van der Waals surface area contributed by atoms with Crippen LogP contribution in [-0.4, -0.2) is 40.6 Å². The third kappa shape index (κ3) is 6.60. The van der Waals surface area contributed by atoms with Crippen molar-refractivity contribution in [3.8, 4) is 5.82 Å². The van der Waals surface area contributed by atoms with Crippen LogP contribution in [-0.2, 0) is 11.3 Å². The lowest BCUT2D eigenvalue weighted by molar-refractivity contribution is -0.122. The van der Waals surface area contributed by atoms with Gasteiger partial charge >= 0.3 is 0 Å². The molecule has 2 heterocycles. The number of hydrogen-bond acceptors (Lipinski definition) is 5. The molecule has 1 amide bonds. The first-order valence-corrected chi connectivity index (χ1v) is 12.2. The highest BCUT2D eigenvalue weighted by molar-refractivity contribution is 5.84. The molecule has 35 heavy (non-hydrogen) atoms. The Morgan fingerprint density at radius 2 is 1.86 bits per heavy atom. The average molecular weight is 472 g/mol. The fraction of sp³-hybridized carbons (Fsp3) is 0.407. The summed E-state index contributed by atoms with van der Waals surface area (Å²) in [5, 5.41) is 6.52. The van der Waals surface area contributed by atoms with E-state index in [9.17, 15) is 4.79 Å². The topological polar surface area (TPSA) is 79.4 Å². The van der Waals surface area contributed by atoms with Crippen LogP contribution in [0.4, 0.5) is 17.5 Å². The van der Waals surface area contributed by atoms with Crippen LogP contribution >= 0.6 is 0 Å². The molecule has 2 N–H and O–H groups in total. The Kier molecular flexibility index (Phi) is 7.99. The zero-order valence-electron chi connectivity index (χ0n) is 20.4. The fourth-order valence-electron chi connectivity index (χ4n) is 4.48. The van der Waals surface area contributed by atoms with Crippen molar-refractivity contribution in [3.05, 3.63) is 71.8 Å². The minimum absolute atomic E-state index is 0.0441. The number of nitrogens with zero attached hydrogens (tertiary/aromatic N) is 5. The number of rotatable bonds is 9. The summed E-state index contributed by atoms with van der Waals surface area (Å²) in [7, 11) is 3.81. The molecule has 1 atom stereocenters. The van der Waals surface area contributed by atoms with Crippen molar-refractivity contribution in [2.24, 2.45) is 5.92 Å². The lowest BCUT2D eigenvalue weighted by Gasteiger charge is -2.27. The number of benzene rings is 1. The number of carbonyl (C=O) groups is 1. The first kappa shape index (κ1) is 24.3. The van der Waals surface area contributed by atoms with Crippen LogP contribution in [0.3, 0.4) is 0 Å². The van der Waals surface area contributed by atoms with Crippen molar-refractivity contribution < 1.29 is 4.79 Å². The molecule has 1 saturated carbocycles. The van der Waals surface area contributed by atoms with Crippen molar-refractivity contribution in [2.75, 3.05) is 24.3 Å². The average Bonchev–Trinajstić information content (AvgIpc) is 3.43. The van der Waals surface area contributed by atoms with Gasteiger partial charge in [-0.2, -0.15) is 9.97 Å². The van der Waals surface area contributed by atoms with E-state index in [0.29, 0.717) is 29.9 Å². The van der Waals surface area contributed by atoms with Gasteiger partial charge in [0.1, 0.15) is 17.7 Å². The standard InChI is InChI=1S/C27H33N7O/c1-28-22-13-11-21(12-14-22)19-29-26(35)23(17-20-9-5-4-6-10-20)30-24-18-25(34-15-7-8-16-34)32-27(31-24)33(2)3/h7-8,11-16,18,20,23H,4-6,9-10,17,19H2,2-3H3,(H,29,35)(H,30,31,32). The fourth-order valence-corrected chi connectivity index (χ4v) is 4.48. The highest BCUT2D eigenvalue weighted by Crippen LogP contribution is 2.28. The first-order valence-electron chi connectivity index (χ1n) is 12.2. The Hall–Kier alpha value is -3.86. The first-order chi connectivity index (χ1) is 17.0. The Morgan fingerprint density at radius 3 is 2.51 bits per heavy atom. The molecule has 4 rings (SSSR count). The van der Waals surface area contributed by atoms with Gasteiger partial charge in [0.2, 0.25) is 11.9 Å². The molecule has 1 aliphatic rings. The molecule has 182 valence electrons. The normalized spacial score (nSPS) is 14.7. The maximum Gasteiger partial charge on any atom is 0.242 e. The maximum absolute atomic E-state index is 13.4. The molecule has 0 saturated heterocycles. The second-order valence-electron chi connectivity index (χ2n) is 9.33. The predicted molar refractivity (Wildman–Crippen MR) is 139 cm³/mol. The summed E-state index contributed by atoms with van der Waals surface area (Å²) < 4.78 is 1.93. The van der Waals surface area contributed by atoms with Gasteiger partial charge in [-0.3, -0.25) is 4.79 Å². The van der Waals surface area contributed by atoms with E-state index in [4.69, 9.17) is 6.57 Å². The molecule has 2 aromatic heterocycles. The number of aromatic nitrogens is 3. The molecule has 0 spiro atoms. The SMILES string of the molecule is [C-]#[N+]c1ccc(CNC(=O)C(CC2CCCCC2)Nc2cc(-n3cccc3)nc(N(C)C)n2)cc1. The van der Waals surface area contributed by atoms with E-state index >= 15 is 0 Å². The molecule has 0 radical (unpaired) electrons. The van der Waals surface area contributed by atoms with E-state index in [1.165, 1.54) is 19.3 Å². The van der Waals surface area contributed by atoms with Crippen molar-refractivity contribution in [2.45, 2.75) is 51.1 Å². The van der Waals surface area contributed by atoms with Gasteiger partial charge in [0, 0.05) is 39.1 Å². The van der Waals surface area contributed by atoms with Crippen LogP contribution in [0.5, 0.6) is 0 Å². The summed E-state index contributed by atoms with van der Waals surface area (Å²) in [6, 6.07) is 12.7. The largest absolute Gasteiger partial charge is 0.358 e. The van der Waals surface area contributed by atoms with Crippen LogP contribution in [0.2, 0.25) is 0 Å². The van der Waals surface area contributed by atoms with Gasteiger partial charge in [0.25, 0.3) is 0 Å². The van der Waals surface area contributed by atoms with E-state index in [1.54, 1.807) is 12.1 Å². The van der Waals surface area contributed by atoms with Crippen LogP contribution < -0.4 is 15.5 Å².